The molecule has 0 saturated carbocycles. The van der Waals surface area contributed by atoms with E-state index >= 15 is 0 Å². The van der Waals surface area contributed by atoms with Gasteiger partial charge in [-0.1, -0.05) is 18.2 Å². The number of nitrogens with zero attached hydrogens (tertiary/aromatic N) is 1. The topological polar surface area (TPSA) is 66.8 Å². The normalized spacial score (nSPS) is 20.2. The molecule has 0 aromatic heterocycles. The minimum absolute atomic E-state index is 0.0239. The largest absolute Gasteiger partial charge is 0.421 e. The maximum Gasteiger partial charge on any atom is 0.421 e. The zero-order valence-electron chi connectivity index (χ0n) is 9.20. The van der Waals surface area contributed by atoms with Gasteiger partial charge in [0.25, 0.3) is 0 Å². The molecule has 0 spiro atoms. The van der Waals surface area contributed by atoms with Crippen LogP contribution >= 0.6 is 0 Å². The summed E-state index contributed by atoms with van der Waals surface area (Å²) in [6, 6.07) is 8.57. The second-order valence-corrected chi connectivity index (χ2v) is 3.87. The number of carbonyl (C=O) groups excluding carboxylic acids is 2. The van der Waals surface area contributed by atoms with Crippen molar-refractivity contribution >= 4 is 12.0 Å². The lowest BCUT2D eigenvalue weighted by Gasteiger charge is -2.26. The summed E-state index contributed by atoms with van der Waals surface area (Å²) in [7, 11) is 0. The Morgan fingerprint density at radius 1 is 1.35 bits per heavy atom. The van der Waals surface area contributed by atoms with Gasteiger partial charge in [0.1, 0.15) is 5.75 Å². The third-order valence-corrected chi connectivity index (χ3v) is 2.57. The van der Waals surface area contributed by atoms with E-state index < -0.39 is 18.1 Å². The van der Waals surface area contributed by atoms with Gasteiger partial charge in [-0.15, -0.1) is 0 Å². The molecule has 1 aromatic rings. The summed E-state index contributed by atoms with van der Waals surface area (Å²) in [5.74, 6) is 0.00102. The van der Waals surface area contributed by atoms with E-state index in [4.69, 9.17) is 4.74 Å². The van der Waals surface area contributed by atoms with Crippen LogP contribution in [0.15, 0.2) is 30.3 Å². The first kappa shape index (κ1) is 11.6. The number of ether oxygens (including phenoxy) is 1. The fourth-order valence-electron chi connectivity index (χ4n) is 1.65. The van der Waals surface area contributed by atoms with E-state index in [1.807, 2.05) is 0 Å². The Labute approximate surface area is 98.6 Å². The number of para-hydroxylation sites is 1. The number of amides is 2. The van der Waals surface area contributed by atoms with Crippen molar-refractivity contribution in [2.45, 2.75) is 18.9 Å². The van der Waals surface area contributed by atoms with Crippen LogP contribution in [0.25, 0.3) is 0 Å². The number of aliphatic hydroxyl groups excluding tert-OH is 1. The molecule has 1 atom stereocenters. The van der Waals surface area contributed by atoms with E-state index in [0.29, 0.717) is 12.2 Å². The van der Waals surface area contributed by atoms with Crippen LogP contribution in [0.5, 0.6) is 5.75 Å². The smallest absolute Gasteiger partial charge is 0.410 e. The van der Waals surface area contributed by atoms with Crippen molar-refractivity contribution in [3.63, 3.8) is 0 Å². The predicted octanol–water partition coefficient (Wildman–Crippen LogP) is 1.17. The van der Waals surface area contributed by atoms with E-state index in [-0.39, 0.29) is 13.0 Å². The summed E-state index contributed by atoms with van der Waals surface area (Å²) in [6.07, 6.45) is -0.962. The zero-order chi connectivity index (χ0) is 12.3. The third-order valence-electron chi connectivity index (χ3n) is 2.57. The third kappa shape index (κ3) is 2.82. The summed E-state index contributed by atoms with van der Waals surface area (Å²) in [4.78, 5) is 24.2. The molecule has 1 fully saturated rings. The maximum absolute atomic E-state index is 11.7. The highest BCUT2D eigenvalue weighted by Gasteiger charge is 2.30. The quantitative estimate of drug-likeness (QED) is 0.793. The molecule has 0 aliphatic carbocycles. The van der Waals surface area contributed by atoms with Crippen molar-refractivity contribution in [3.8, 4) is 5.75 Å². The molecular weight excluding hydrogens is 222 g/mol. The summed E-state index contributed by atoms with van der Waals surface area (Å²) in [5.41, 5.74) is 0. The van der Waals surface area contributed by atoms with Crippen molar-refractivity contribution in [1.29, 1.82) is 0 Å². The molecule has 1 unspecified atom stereocenters. The van der Waals surface area contributed by atoms with Crippen molar-refractivity contribution in [2.75, 3.05) is 6.54 Å². The highest BCUT2D eigenvalue weighted by molar-refractivity contribution is 5.93. The molecule has 1 aliphatic heterocycles. The molecule has 5 nitrogen and oxygen atoms in total. The molecule has 1 N–H and O–H groups in total. The Morgan fingerprint density at radius 2 is 2.06 bits per heavy atom. The van der Waals surface area contributed by atoms with Crippen molar-refractivity contribution < 1.29 is 19.4 Å². The van der Waals surface area contributed by atoms with Crippen LogP contribution in [0.4, 0.5) is 4.79 Å². The number of rotatable bonds is 1. The summed E-state index contributed by atoms with van der Waals surface area (Å²) in [5, 5.41) is 9.27. The SMILES string of the molecule is O=C1CC(O)CCN1C(=O)Oc1ccccc1. The number of imide groups is 1. The lowest BCUT2D eigenvalue weighted by atomic mass is 10.1. The Morgan fingerprint density at radius 3 is 2.71 bits per heavy atom. The average molecular weight is 235 g/mol. The average Bonchev–Trinajstić information content (AvgIpc) is 2.30. The molecule has 0 radical (unpaired) electrons. The van der Waals surface area contributed by atoms with Gasteiger partial charge < -0.3 is 9.84 Å². The molecule has 0 bridgehead atoms. The number of aliphatic hydroxyl groups is 1. The number of carbonyl (C=O) groups is 2. The Hall–Kier alpha value is -1.88. The lowest BCUT2D eigenvalue weighted by molar-refractivity contribution is -0.134. The van der Waals surface area contributed by atoms with E-state index in [1.54, 1.807) is 30.3 Å². The fourth-order valence-corrected chi connectivity index (χ4v) is 1.65. The Balaban J connectivity index is 1.99. The number of hydrogen-bond acceptors (Lipinski definition) is 4. The van der Waals surface area contributed by atoms with Crippen LogP contribution in [-0.2, 0) is 4.79 Å². The zero-order valence-corrected chi connectivity index (χ0v) is 9.20. The number of piperidine rings is 1. The van der Waals surface area contributed by atoms with Crippen LogP contribution in [-0.4, -0.2) is 34.7 Å². The van der Waals surface area contributed by atoms with Crippen LogP contribution in [0.2, 0.25) is 0 Å². The lowest BCUT2D eigenvalue weighted by Crippen LogP contribution is -2.45. The minimum atomic E-state index is -0.687. The summed E-state index contributed by atoms with van der Waals surface area (Å²) < 4.78 is 5.04. The van der Waals surface area contributed by atoms with Crippen molar-refractivity contribution in [2.24, 2.45) is 0 Å². The first-order chi connectivity index (χ1) is 8.16. The van der Waals surface area contributed by atoms with Gasteiger partial charge >= 0.3 is 6.09 Å². The van der Waals surface area contributed by atoms with Gasteiger partial charge in [-0.25, -0.2) is 9.69 Å². The minimum Gasteiger partial charge on any atom is -0.410 e. The highest BCUT2D eigenvalue weighted by atomic mass is 16.6. The molecule has 1 saturated heterocycles. The standard InChI is InChI=1S/C12H13NO4/c14-9-6-7-13(11(15)8-9)12(16)17-10-4-2-1-3-5-10/h1-5,9,14H,6-8H2. The second-order valence-electron chi connectivity index (χ2n) is 3.87. The molecule has 1 aromatic carbocycles. The molecule has 1 aliphatic rings. The summed E-state index contributed by atoms with van der Waals surface area (Å²) in [6.45, 7) is 0.200. The van der Waals surface area contributed by atoms with Crippen molar-refractivity contribution in [1.82, 2.24) is 4.90 Å². The first-order valence-corrected chi connectivity index (χ1v) is 5.42. The number of benzene rings is 1. The van der Waals surface area contributed by atoms with Gasteiger partial charge in [-0.2, -0.15) is 0 Å². The monoisotopic (exact) mass is 235 g/mol. The number of likely N-dealkylation sites (tertiary alicyclic amines) is 1. The fraction of sp³-hybridized carbons (Fsp3) is 0.333. The number of hydrogen-bond donors (Lipinski definition) is 1. The second kappa shape index (κ2) is 4.97. The van der Waals surface area contributed by atoms with Gasteiger partial charge in [0, 0.05) is 6.54 Å². The van der Waals surface area contributed by atoms with Crippen LogP contribution in [0, 0.1) is 0 Å². The molecule has 17 heavy (non-hydrogen) atoms. The van der Waals surface area contributed by atoms with Gasteiger partial charge in [-0.05, 0) is 18.6 Å². The van der Waals surface area contributed by atoms with Crippen molar-refractivity contribution in [3.05, 3.63) is 30.3 Å². The van der Waals surface area contributed by atoms with E-state index in [9.17, 15) is 14.7 Å². The van der Waals surface area contributed by atoms with Gasteiger partial charge in [0.15, 0.2) is 0 Å². The Bertz CT molecular complexity index is 418. The van der Waals surface area contributed by atoms with Gasteiger partial charge in [0.2, 0.25) is 5.91 Å². The van der Waals surface area contributed by atoms with E-state index in [0.717, 1.165) is 4.90 Å². The molecular formula is C12H13NO4. The van der Waals surface area contributed by atoms with Crippen LogP contribution < -0.4 is 4.74 Å². The maximum atomic E-state index is 11.7. The molecule has 2 rings (SSSR count). The molecule has 90 valence electrons. The molecule has 1 heterocycles. The van der Waals surface area contributed by atoms with Crippen LogP contribution in [0.1, 0.15) is 12.8 Å². The predicted molar refractivity (Wildman–Crippen MR) is 59.4 cm³/mol. The summed E-state index contributed by atoms with van der Waals surface area (Å²) >= 11 is 0. The van der Waals surface area contributed by atoms with E-state index in [2.05, 4.69) is 0 Å². The van der Waals surface area contributed by atoms with Gasteiger partial charge in [-0.3, -0.25) is 4.79 Å². The first-order valence-electron chi connectivity index (χ1n) is 5.42. The Kier molecular flexibility index (Phi) is 3.39. The van der Waals surface area contributed by atoms with Gasteiger partial charge in [0.05, 0.1) is 12.5 Å². The highest BCUT2D eigenvalue weighted by Crippen LogP contribution is 2.15. The molecule has 2 amide bonds. The molecule has 5 heteroatoms. The van der Waals surface area contributed by atoms with Crippen LogP contribution in [0.3, 0.4) is 0 Å². The van der Waals surface area contributed by atoms with E-state index in [1.165, 1.54) is 0 Å².